The SMILES string of the molecule is CC1(C)S[C@@H]2[C@H](NC(=O)C(N=Cc3cc([N+](=O)[O-])ccc3O)c3ccccc3)C(=O)N2[C@H]1C(=O)O. The number of hydrogen-bond donors (Lipinski definition) is 3. The number of nitrogens with one attached hydrogen (secondary N) is 1. The fourth-order valence-electron chi connectivity index (χ4n) is 4.23. The molecule has 0 radical (unpaired) electrons. The van der Waals surface area contributed by atoms with E-state index in [-0.39, 0.29) is 17.0 Å². The highest BCUT2D eigenvalue weighted by Crippen LogP contribution is 2.50. The lowest BCUT2D eigenvalue weighted by atomic mass is 9.95. The topological polar surface area (TPSA) is 162 Å². The molecule has 4 atom stereocenters. The van der Waals surface area contributed by atoms with Gasteiger partial charge in [0.25, 0.3) is 5.69 Å². The summed E-state index contributed by atoms with van der Waals surface area (Å²) in [6.07, 6.45) is 1.17. The average Bonchev–Trinajstić information content (AvgIpc) is 3.07. The van der Waals surface area contributed by atoms with Crippen LogP contribution < -0.4 is 5.32 Å². The Morgan fingerprint density at radius 1 is 1.26 bits per heavy atom. The number of phenolic OH excluding ortho intramolecular Hbond substituents is 1. The summed E-state index contributed by atoms with van der Waals surface area (Å²) in [7, 11) is 0. The summed E-state index contributed by atoms with van der Waals surface area (Å²) in [5.41, 5.74) is 0.299. The summed E-state index contributed by atoms with van der Waals surface area (Å²) < 4.78 is -0.734. The van der Waals surface area contributed by atoms with Crippen LogP contribution in [-0.2, 0) is 14.4 Å². The summed E-state index contributed by atoms with van der Waals surface area (Å²) in [4.78, 5) is 53.7. The number of rotatable bonds is 7. The Bertz CT molecular complexity index is 1230. The smallest absolute Gasteiger partial charge is 0.327 e. The Morgan fingerprint density at radius 3 is 2.57 bits per heavy atom. The molecule has 12 heteroatoms. The van der Waals surface area contributed by atoms with Crippen LogP contribution in [0.25, 0.3) is 0 Å². The van der Waals surface area contributed by atoms with Crippen LogP contribution in [0, 0.1) is 10.1 Å². The van der Waals surface area contributed by atoms with Gasteiger partial charge in [-0.2, -0.15) is 0 Å². The standard InChI is InChI=1S/C23H22N4O7S/c1-23(2)18(22(31)32)26-20(30)17(21(26)35-23)25-19(29)16(12-6-4-3-5-7-12)24-11-13-10-14(27(33)34)8-9-15(13)28/h3-11,16-18,21,28H,1-2H3,(H,25,29)(H,31,32)/t16?,17-,18+,21-/m1/s1. The van der Waals surface area contributed by atoms with Crippen LogP contribution in [0.4, 0.5) is 5.69 Å². The van der Waals surface area contributed by atoms with Gasteiger partial charge < -0.3 is 20.4 Å². The number of aliphatic imine (C=N–C) groups is 1. The van der Waals surface area contributed by atoms with Gasteiger partial charge in [0, 0.05) is 28.7 Å². The molecule has 0 aliphatic carbocycles. The number of carbonyl (C=O) groups excluding carboxylic acids is 2. The number of carbonyl (C=O) groups is 3. The van der Waals surface area contributed by atoms with Crippen molar-refractivity contribution in [3.05, 3.63) is 69.8 Å². The Labute approximate surface area is 204 Å². The lowest BCUT2D eigenvalue weighted by molar-refractivity contribution is -0.384. The first-order valence-electron chi connectivity index (χ1n) is 10.6. The van der Waals surface area contributed by atoms with E-state index in [9.17, 15) is 34.7 Å². The maximum absolute atomic E-state index is 13.2. The number of benzene rings is 2. The molecule has 2 aromatic rings. The number of thioether (sulfide) groups is 1. The maximum Gasteiger partial charge on any atom is 0.327 e. The summed E-state index contributed by atoms with van der Waals surface area (Å²) in [5.74, 6) is -2.44. The van der Waals surface area contributed by atoms with Gasteiger partial charge in [-0.25, -0.2) is 4.79 Å². The van der Waals surface area contributed by atoms with Gasteiger partial charge in [-0.3, -0.25) is 24.7 Å². The molecule has 2 aromatic carbocycles. The van der Waals surface area contributed by atoms with E-state index < -0.39 is 51.0 Å². The minimum Gasteiger partial charge on any atom is -0.507 e. The minimum atomic E-state index is -1.12. The average molecular weight is 499 g/mol. The van der Waals surface area contributed by atoms with Crippen LogP contribution in [0.1, 0.15) is 31.0 Å². The molecule has 2 aliphatic heterocycles. The van der Waals surface area contributed by atoms with Gasteiger partial charge in [0.2, 0.25) is 11.8 Å². The molecule has 2 heterocycles. The Morgan fingerprint density at radius 2 is 1.94 bits per heavy atom. The Balaban J connectivity index is 1.59. The second-order valence-electron chi connectivity index (χ2n) is 8.68. The van der Waals surface area contributed by atoms with E-state index >= 15 is 0 Å². The number of carboxylic acids is 1. The molecule has 0 saturated carbocycles. The molecule has 182 valence electrons. The molecule has 0 bridgehead atoms. The van der Waals surface area contributed by atoms with E-state index in [1.165, 1.54) is 22.9 Å². The fraction of sp³-hybridized carbons (Fsp3) is 0.304. The Kier molecular flexibility index (Phi) is 6.24. The van der Waals surface area contributed by atoms with Gasteiger partial charge in [0.1, 0.15) is 23.2 Å². The quantitative estimate of drug-likeness (QED) is 0.226. The zero-order valence-corrected chi connectivity index (χ0v) is 19.5. The summed E-state index contributed by atoms with van der Waals surface area (Å²) in [6, 6.07) is 8.91. The predicted octanol–water partition coefficient (Wildman–Crippen LogP) is 2.09. The van der Waals surface area contributed by atoms with E-state index in [0.717, 1.165) is 18.2 Å². The van der Waals surface area contributed by atoms with E-state index in [1.54, 1.807) is 44.2 Å². The highest BCUT2D eigenvalue weighted by atomic mass is 32.2. The number of carboxylic acid groups (broad SMARTS) is 1. The van der Waals surface area contributed by atoms with Crippen LogP contribution in [-0.4, -0.2) is 66.2 Å². The van der Waals surface area contributed by atoms with E-state index in [4.69, 9.17) is 0 Å². The number of fused-ring (bicyclic) bond motifs is 1. The zero-order valence-electron chi connectivity index (χ0n) is 18.7. The fourth-order valence-corrected chi connectivity index (χ4v) is 5.86. The van der Waals surface area contributed by atoms with Crippen molar-refractivity contribution < 1.29 is 29.5 Å². The third kappa shape index (κ3) is 4.44. The number of phenols is 1. The molecule has 35 heavy (non-hydrogen) atoms. The van der Waals surface area contributed by atoms with E-state index in [2.05, 4.69) is 10.3 Å². The molecule has 2 amide bonds. The number of nitro benzene ring substituents is 1. The van der Waals surface area contributed by atoms with Crippen molar-refractivity contribution >= 4 is 41.4 Å². The third-order valence-electron chi connectivity index (χ3n) is 5.92. The lowest BCUT2D eigenvalue weighted by Crippen LogP contribution is -2.70. The van der Waals surface area contributed by atoms with E-state index in [0.29, 0.717) is 5.56 Å². The van der Waals surface area contributed by atoms with Gasteiger partial charge in [-0.15, -0.1) is 11.8 Å². The number of hydrogen-bond acceptors (Lipinski definition) is 8. The van der Waals surface area contributed by atoms with Crippen LogP contribution in [0.2, 0.25) is 0 Å². The highest BCUT2D eigenvalue weighted by molar-refractivity contribution is 8.01. The first-order valence-corrected chi connectivity index (χ1v) is 11.5. The summed E-state index contributed by atoms with van der Waals surface area (Å²) >= 11 is 1.31. The monoisotopic (exact) mass is 498 g/mol. The first kappa shape index (κ1) is 24.2. The van der Waals surface area contributed by atoms with Crippen LogP contribution in [0.5, 0.6) is 5.75 Å². The molecular formula is C23H22N4O7S. The van der Waals surface area contributed by atoms with Crippen LogP contribution >= 0.6 is 11.8 Å². The third-order valence-corrected chi connectivity index (χ3v) is 7.49. The largest absolute Gasteiger partial charge is 0.507 e. The van der Waals surface area contributed by atoms with Gasteiger partial charge >= 0.3 is 5.97 Å². The molecule has 4 rings (SSSR count). The van der Waals surface area contributed by atoms with Crippen molar-refractivity contribution in [2.24, 2.45) is 4.99 Å². The number of aromatic hydroxyl groups is 1. The Hall–Kier alpha value is -3.93. The molecule has 2 fully saturated rings. The van der Waals surface area contributed by atoms with Crippen LogP contribution in [0.3, 0.4) is 0 Å². The number of nitro groups is 1. The molecule has 2 aliphatic rings. The van der Waals surface area contributed by atoms with Crippen molar-refractivity contribution in [3.63, 3.8) is 0 Å². The lowest BCUT2D eigenvalue weighted by Gasteiger charge is -2.43. The number of β-lactam (4-membered cyclic amide) rings is 1. The number of amides is 2. The summed E-state index contributed by atoms with van der Waals surface area (Å²) in [5, 5.41) is 32.9. The second-order valence-corrected chi connectivity index (χ2v) is 10.4. The molecular weight excluding hydrogens is 476 g/mol. The van der Waals surface area contributed by atoms with Gasteiger partial charge in [-0.1, -0.05) is 30.3 Å². The predicted molar refractivity (Wildman–Crippen MR) is 127 cm³/mol. The molecule has 11 nitrogen and oxygen atoms in total. The number of nitrogens with zero attached hydrogens (tertiary/aromatic N) is 3. The van der Waals surface area contributed by atoms with Crippen LogP contribution in [0.15, 0.2) is 53.5 Å². The second kappa shape index (κ2) is 9.02. The molecule has 2 saturated heterocycles. The molecule has 0 spiro atoms. The molecule has 0 aromatic heterocycles. The zero-order chi connectivity index (χ0) is 25.5. The van der Waals surface area contributed by atoms with Gasteiger partial charge in [0.15, 0.2) is 6.04 Å². The van der Waals surface area contributed by atoms with E-state index in [1.807, 2.05) is 0 Å². The first-order chi connectivity index (χ1) is 16.5. The van der Waals surface area contributed by atoms with Crippen molar-refractivity contribution in [2.75, 3.05) is 0 Å². The van der Waals surface area contributed by atoms with Crippen molar-refractivity contribution in [1.29, 1.82) is 0 Å². The van der Waals surface area contributed by atoms with Crippen molar-refractivity contribution in [1.82, 2.24) is 10.2 Å². The number of non-ortho nitro benzene ring substituents is 1. The van der Waals surface area contributed by atoms with Crippen molar-refractivity contribution in [3.8, 4) is 5.75 Å². The summed E-state index contributed by atoms with van der Waals surface area (Å²) in [6.45, 7) is 3.48. The van der Waals surface area contributed by atoms with Gasteiger partial charge in [0.05, 0.1) is 4.92 Å². The molecule has 1 unspecified atom stereocenters. The normalized spacial score (nSPS) is 23.4. The highest BCUT2D eigenvalue weighted by Gasteiger charge is 2.64. The maximum atomic E-state index is 13.2. The van der Waals surface area contributed by atoms with Gasteiger partial charge in [-0.05, 0) is 25.5 Å². The number of aliphatic carboxylic acids is 1. The van der Waals surface area contributed by atoms with Crippen molar-refractivity contribution in [2.45, 2.75) is 42.1 Å². The molecule has 3 N–H and O–H groups in total. The minimum absolute atomic E-state index is 0.0521.